The Balaban J connectivity index is 0.934. The van der Waals surface area contributed by atoms with Gasteiger partial charge in [0.25, 0.3) is 0 Å². The molecule has 7 N–H and O–H groups in total. The van der Waals surface area contributed by atoms with Gasteiger partial charge in [0.05, 0.1) is 32.0 Å². The molecule has 53 heavy (non-hydrogen) atoms. The van der Waals surface area contributed by atoms with Crippen molar-refractivity contribution in [3.8, 4) is 0 Å². The maximum Gasteiger partial charge on any atom is 0.187 e. The second-order valence-corrected chi connectivity index (χ2v) is 18.6. The summed E-state index contributed by atoms with van der Waals surface area (Å²) in [7, 11) is 0. The number of carbonyl (C=O) groups is 1. The molecule has 4 saturated heterocycles. The summed E-state index contributed by atoms with van der Waals surface area (Å²) in [4.78, 5) is 14.5. The summed E-state index contributed by atoms with van der Waals surface area (Å²) in [6.45, 7) is 8.51. The van der Waals surface area contributed by atoms with Gasteiger partial charge in [-0.2, -0.15) is 0 Å². The molecule has 0 bridgehead atoms. The van der Waals surface area contributed by atoms with Crippen molar-refractivity contribution in [1.29, 1.82) is 0 Å². The van der Waals surface area contributed by atoms with Gasteiger partial charge in [-0.1, -0.05) is 27.7 Å². The Bertz CT molecular complexity index is 1340. The molecule has 4 saturated carbocycles. The van der Waals surface area contributed by atoms with Crippen molar-refractivity contribution in [1.82, 2.24) is 0 Å². The van der Waals surface area contributed by atoms with Crippen molar-refractivity contribution in [2.45, 2.75) is 165 Å². The summed E-state index contributed by atoms with van der Waals surface area (Å²) < 4.78 is 36.8. The number of Topliss-reactive ketones (excluding diaryl/α,β-unsaturated/α-hetero) is 1. The first-order valence-electron chi connectivity index (χ1n) is 20.3. The van der Waals surface area contributed by atoms with Gasteiger partial charge in [-0.05, 0) is 80.0 Å². The second kappa shape index (κ2) is 14.2. The molecule has 0 unspecified atom stereocenters. The van der Waals surface area contributed by atoms with Crippen LogP contribution in [0.1, 0.15) is 85.5 Å². The van der Waals surface area contributed by atoms with E-state index in [2.05, 4.69) is 27.7 Å². The molecule has 14 nitrogen and oxygen atoms in total. The van der Waals surface area contributed by atoms with Crippen LogP contribution in [-0.4, -0.2) is 141 Å². The fourth-order valence-electron chi connectivity index (χ4n) is 12.9. The SMILES string of the molecule is C[C@H]1CC[C@@]2(OC1)O[C@H]1C[C@H]3[C@@H]4CC[C@@H]5C[C@@H](O[C@@H]6O[C@H](CO)[C@H](O)[C@H](O[C@@H]7O[C@H](CO)[C@@H](O)[C@H](O)[C@H]7O)[C@H]6O)CC[C@]5(C)[C@H]4CC(=O)[C@]3(C)[C@H]1[C@@H]2C. The summed E-state index contributed by atoms with van der Waals surface area (Å²) >= 11 is 0. The molecule has 0 aromatic heterocycles. The zero-order chi connectivity index (χ0) is 37.8. The van der Waals surface area contributed by atoms with Crippen LogP contribution >= 0.6 is 0 Å². The Labute approximate surface area is 311 Å². The number of hydrogen-bond donors (Lipinski definition) is 7. The highest BCUT2D eigenvalue weighted by molar-refractivity contribution is 5.87. The third-order valence-electron chi connectivity index (χ3n) is 16.0. The summed E-state index contributed by atoms with van der Waals surface area (Å²) in [6.07, 6.45) is -7.49. The lowest BCUT2D eigenvalue weighted by molar-refractivity contribution is -0.365. The smallest absolute Gasteiger partial charge is 0.187 e. The summed E-state index contributed by atoms with van der Waals surface area (Å²) in [5.41, 5.74) is -0.473. The molecule has 0 radical (unpaired) electrons. The minimum absolute atomic E-state index is 0.0440. The predicted molar refractivity (Wildman–Crippen MR) is 183 cm³/mol. The Morgan fingerprint density at radius 2 is 1.47 bits per heavy atom. The predicted octanol–water partition coefficient (Wildman–Crippen LogP) is 0.621. The van der Waals surface area contributed by atoms with Gasteiger partial charge < -0.3 is 64.2 Å². The zero-order valence-electron chi connectivity index (χ0n) is 31.4. The van der Waals surface area contributed by atoms with E-state index >= 15 is 0 Å². The summed E-state index contributed by atoms with van der Waals surface area (Å²) in [6, 6.07) is 0. The first-order valence-corrected chi connectivity index (χ1v) is 20.3. The average molecular weight is 755 g/mol. The lowest BCUT2D eigenvalue weighted by atomic mass is 9.44. The van der Waals surface area contributed by atoms with Crippen LogP contribution in [-0.2, 0) is 33.2 Å². The van der Waals surface area contributed by atoms with Crippen molar-refractivity contribution in [3.63, 3.8) is 0 Å². The number of rotatable bonds is 6. The lowest BCUT2D eigenvalue weighted by Gasteiger charge is -2.60. The topological polar surface area (TPSA) is 214 Å². The minimum Gasteiger partial charge on any atom is -0.394 e. The van der Waals surface area contributed by atoms with E-state index in [1.165, 1.54) is 0 Å². The molecular formula is C39H62O14. The molecule has 4 aliphatic heterocycles. The number of fused-ring (bicyclic) bond motifs is 7. The van der Waals surface area contributed by atoms with E-state index in [0.29, 0.717) is 43.5 Å². The van der Waals surface area contributed by atoms with E-state index in [-0.39, 0.29) is 47.2 Å². The maximum atomic E-state index is 14.5. The average Bonchev–Trinajstić information content (AvgIpc) is 3.59. The molecule has 4 aliphatic carbocycles. The molecule has 8 fully saturated rings. The molecule has 302 valence electrons. The van der Waals surface area contributed by atoms with Crippen LogP contribution in [0.5, 0.6) is 0 Å². The highest BCUT2D eigenvalue weighted by Crippen LogP contribution is 2.70. The van der Waals surface area contributed by atoms with Gasteiger partial charge in [-0.25, -0.2) is 0 Å². The number of aliphatic hydroxyl groups excluding tert-OH is 7. The van der Waals surface area contributed by atoms with E-state index in [4.69, 9.17) is 28.4 Å². The number of hydrogen-bond acceptors (Lipinski definition) is 14. The standard InChI is InChI=1S/C39H62O14/c1-17-7-10-39(48-16-17)18(2)28-24(53-39)12-23-21-6-5-19-11-20(8-9-37(19,3)22(21)13-27(42)38(23,28)4)49-36-33(47)34(30(44)26(15-41)51-36)52-35-32(46)31(45)29(43)25(14-40)50-35/h17-26,28-36,40-41,43-47H,5-16H2,1-4H3/t17-,18-,19+,20-,21+,22-,23-,24-,25+,26+,28-,29+,30-,31-,32+,33+,34-,35-,36+,37-,38+,39+/m0/s1. The Hall–Kier alpha value is -0.850. The third kappa shape index (κ3) is 6.03. The third-order valence-corrected chi connectivity index (χ3v) is 16.0. The molecule has 8 rings (SSSR count). The maximum absolute atomic E-state index is 14.5. The molecule has 0 aromatic rings. The molecule has 4 heterocycles. The first kappa shape index (κ1) is 39.0. The van der Waals surface area contributed by atoms with E-state index < -0.39 is 85.8 Å². The number of ether oxygens (including phenoxy) is 6. The van der Waals surface area contributed by atoms with Crippen LogP contribution in [0.3, 0.4) is 0 Å². The Morgan fingerprint density at radius 1 is 0.774 bits per heavy atom. The number of aliphatic hydroxyl groups is 7. The van der Waals surface area contributed by atoms with Crippen LogP contribution in [0.15, 0.2) is 0 Å². The Morgan fingerprint density at radius 3 is 2.15 bits per heavy atom. The van der Waals surface area contributed by atoms with Crippen LogP contribution in [0.2, 0.25) is 0 Å². The van der Waals surface area contributed by atoms with E-state index in [1.54, 1.807) is 0 Å². The fourth-order valence-corrected chi connectivity index (χ4v) is 12.9. The van der Waals surface area contributed by atoms with Crippen molar-refractivity contribution >= 4 is 5.78 Å². The summed E-state index contributed by atoms with van der Waals surface area (Å²) in [5.74, 6) is 1.96. The van der Waals surface area contributed by atoms with Crippen molar-refractivity contribution < 1.29 is 69.0 Å². The largest absolute Gasteiger partial charge is 0.394 e. The Kier molecular flexibility index (Phi) is 10.5. The van der Waals surface area contributed by atoms with Gasteiger partial charge in [-0.15, -0.1) is 0 Å². The second-order valence-electron chi connectivity index (χ2n) is 18.6. The van der Waals surface area contributed by atoms with E-state index in [1.807, 2.05) is 0 Å². The molecule has 0 amide bonds. The quantitative estimate of drug-likeness (QED) is 0.185. The molecule has 8 aliphatic rings. The minimum atomic E-state index is -1.75. The van der Waals surface area contributed by atoms with Gasteiger partial charge in [0, 0.05) is 30.1 Å². The van der Waals surface area contributed by atoms with Gasteiger partial charge in [-0.3, -0.25) is 4.79 Å². The number of ketones is 1. The van der Waals surface area contributed by atoms with E-state index in [0.717, 1.165) is 38.5 Å². The normalized spacial score (nSPS) is 58.2. The summed E-state index contributed by atoms with van der Waals surface area (Å²) in [5, 5.41) is 72.9. The van der Waals surface area contributed by atoms with Crippen molar-refractivity contribution in [3.05, 3.63) is 0 Å². The van der Waals surface area contributed by atoms with Crippen LogP contribution in [0.25, 0.3) is 0 Å². The fraction of sp³-hybridized carbons (Fsp3) is 0.974. The van der Waals surface area contributed by atoms with Gasteiger partial charge >= 0.3 is 0 Å². The molecule has 14 heteroatoms. The molecule has 0 aromatic carbocycles. The molecule has 1 spiro atoms. The van der Waals surface area contributed by atoms with Gasteiger partial charge in [0.1, 0.15) is 54.6 Å². The van der Waals surface area contributed by atoms with Gasteiger partial charge in [0.2, 0.25) is 0 Å². The van der Waals surface area contributed by atoms with Crippen molar-refractivity contribution in [2.24, 2.45) is 52.3 Å². The first-order chi connectivity index (χ1) is 25.2. The zero-order valence-corrected chi connectivity index (χ0v) is 31.4. The van der Waals surface area contributed by atoms with Crippen LogP contribution in [0, 0.1) is 52.3 Å². The molecular weight excluding hydrogens is 692 g/mol. The highest BCUT2D eigenvalue weighted by Gasteiger charge is 2.72. The van der Waals surface area contributed by atoms with Crippen LogP contribution < -0.4 is 0 Å². The number of carbonyl (C=O) groups excluding carboxylic acids is 1. The van der Waals surface area contributed by atoms with Crippen LogP contribution in [0.4, 0.5) is 0 Å². The lowest BCUT2D eigenvalue weighted by Crippen LogP contribution is -2.65. The van der Waals surface area contributed by atoms with Crippen molar-refractivity contribution in [2.75, 3.05) is 19.8 Å². The van der Waals surface area contributed by atoms with E-state index in [9.17, 15) is 40.5 Å². The monoisotopic (exact) mass is 754 g/mol. The van der Waals surface area contributed by atoms with Gasteiger partial charge in [0.15, 0.2) is 18.4 Å². The molecule has 22 atom stereocenters. The highest BCUT2D eigenvalue weighted by atomic mass is 16.7.